The van der Waals surface area contributed by atoms with Crippen LogP contribution in [0.1, 0.15) is 27.0 Å². The van der Waals surface area contributed by atoms with E-state index in [0.717, 1.165) is 21.3 Å². The number of amides is 1. The first-order chi connectivity index (χ1) is 9.36. The molecule has 2 aromatic carbocycles. The Kier molecular flexibility index (Phi) is 4.51. The number of anilines is 1. The second-order valence-electron chi connectivity index (χ2n) is 4.89. The maximum absolute atomic E-state index is 12.3. The largest absolute Gasteiger partial charge is 0.322 e. The zero-order valence-corrected chi connectivity index (χ0v) is 13.9. The van der Waals surface area contributed by atoms with Crippen molar-refractivity contribution in [1.82, 2.24) is 0 Å². The van der Waals surface area contributed by atoms with Crippen molar-refractivity contribution < 1.29 is 4.79 Å². The van der Waals surface area contributed by atoms with E-state index < -0.39 is 0 Å². The maximum atomic E-state index is 12.3. The number of hydrogen-bond donors (Lipinski definition) is 1. The van der Waals surface area contributed by atoms with Crippen LogP contribution in [0.5, 0.6) is 0 Å². The van der Waals surface area contributed by atoms with Crippen LogP contribution in [0.15, 0.2) is 34.8 Å². The van der Waals surface area contributed by atoms with Crippen molar-refractivity contribution in [2.45, 2.75) is 20.8 Å². The lowest BCUT2D eigenvalue weighted by Crippen LogP contribution is -2.14. The van der Waals surface area contributed by atoms with Gasteiger partial charge in [0, 0.05) is 20.7 Å². The average molecular weight is 353 g/mol. The summed E-state index contributed by atoms with van der Waals surface area (Å²) in [4.78, 5) is 12.3. The molecule has 0 aliphatic heterocycles. The summed E-state index contributed by atoms with van der Waals surface area (Å²) < 4.78 is 0.785. The molecule has 0 heterocycles. The Morgan fingerprint density at radius 1 is 1.05 bits per heavy atom. The molecule has 0 radical (unpaired) electrons. The van der Waals surface area contributed by atoms with Crippen molar-refractivity contribution in [3.05, 3.63) is 62.1 Å². The Balaban J connectivity index is 2.32. The Labute approximate surface area is 132 Å². The highest BCUT2D eigenvalue weighted by atomic mass is 79.9. The Morgan fingerprint density at radius 3 is 2.20 bits per heavy atom. The number of benzene rings is 2. The summed E-state index contributed by atoms with van der Waals surface area (Å²) >= 11 is 9.31. The molecule has 0 saturated carbocycles. The molecule has 20 heavy (non-hydrogen) atoms. The van der Waals surface area contributed by atoms with E-state index in [9.17, 15) is 4.79 Å². The van der Waals surface area contributed by atoms with E-state index in [2.05, 4.69) is 33.4 Å². The molecule has 1 amide bonds. The summed E-state index contributed by atoms with van der Waals surface area (Å²) in [6, 6.07) is 9.26. The molecule has 104 valence electrons. The highest BCUT2D eigenvalue weighted by Gasteiger charge is 2.11. The summed E-state index contributed by atoms with van der Waals surface area (Å²) in [5.74, 6) is -0.164. The minimum Gasteiger partial charge on any atom is -0.322 e. The minimum absolute atomic E-state index is 0.164. The third-order valence-corrected chi connectivity index (χ3v) is 3.72. The highest BCUT2D eigenvalue weighted by molar-refractivity contribution is 9.10. The van der Waals surface area contributed by atoms with Gasteiger partial charge in [-0.15, -0.1) is 0 Å². The van der Waals surface area contributed by atoms with Crippen LogP contribution in [0.3, 0.4) is 0 Å². The monoisotopic (exact) mass is 351 g/mol. The topological polar surface area (TPSA) is 29.1 Å². The van der Waals surface area contributed by atoms with Crippen LogP contribution in [0.2, 0.25) is 5.02 Å². The van der Waals surface area contributed by atoms with Crippen molar-refractivity contribution in [3.63, 3.8) is 0 Å². The smallest absolute Gasteiger partial charge is 0.255 e. The van der Waals surface area contributed by atoms with E-state index in [1.807, 2.05) is 20.8 Å². The van der Waals surface area contributed by atoms with Gasteiger partial charge < -0.3 is 5.32 Å². The van der Waals surface area contributed by atoms with Gasteiger partial charge in [0.1, 0.15) is 0 Å². The summed E-state index contributed by atoms with van der Waals surface area (Å²) in [7, 11) is 0. The van der Waals surface area contributed by atoms with Gasteiger partial charge in [-0.05, 0) is 50.1 Å². The van der Waals surface area contributed by atoms with Crippen LogP contribution in [-0.2, 0) is 0 Å². The molecule has 0 aromatic heterocycles. The fourth-order valence-electron chi connectivity index (χ4n) is 2.25. The van der Waals surface area contributed by atoms with E-state index in [4.69, 9.17) is 11.6 Å². The van der Waals surface area contributed by atoms with E-state index in [1.165, 1.54) is 5.56 Å². The van der Waals surface area contributed by atoms with Crippen LogP contribution in [0.4, 0.5) is 5.69 Å². The second-order valence-corrected chi connectivity index (χ2v) is 6.24. The quantitative estimate of drug-likeness (QED) is 0.782. The minimum atomic E-state index is -0.164. The molecule has 1 N–H and O–H groups in total. The van der Waals surface area contributed by atoms with Crippen molar-refractivity contribution in [2.24, 2.45) is 0 Å². The molecule has 0 spiro atoms. The lowest BCUT2D eigenvalue weighted by atomic mass is 10.0. The fraction of sp³-hybridized carbons (Fsp3) is 0.188. The summed E-state index contributed by atoms with van der Waals surface area (Å²) in [5.41, 5.74) is 4.68. The van der Waals surface area contributed by atoms with Gasteiger partial charge in [-0.2, -0.15) is 0 Å². The van der Waals surface area contributed by atoms with Gasteiger partial charge in [0.15, 0.2) is 0 Å². The fourth-order valence-corrected chi connectivity index (χ4v) is 3.11. The molecule has 4 heteroatoms. The molecule has 0 saturated heterocycles. The molecule has 0 aliphatic carbocycles. The SMILES string of the molecule is Cc1cc(C)c(NC(=O)c2cc(Cl)cc(Br)c2)c(C)c1. The van der Waals surface area contributed by atoms with Crippen molar-refractivity contribution in [2.75, 3.05) is 5.32 Å². The molecule has 2 aromatic rings. The van der Waals surface area contributed by atoms with Gasteiger partial charge in [0.2, 0.25) is 0 Å². The third kappa shape index (κ3) is 3.41. The molecule has 2 rings (SSSR count). The normalized spacial score (nSPS) is 10.4. The van der Waals surface area contributed by atoms with E-state index in [0.29, 0.717) is 10.6 Å². The number of aryl methyl sites for hydroxylation is 3. The maximum Gasteiger partial charge on any atom is 0.255 e. The van der Waals surface area contributed by atoms with Gasteiger partial charge in [0.05, 0.1) is 0 Å². The van der Waals surface area contributed by atoms with Crippen LogP contribution >= 0.6 is 27.5 Å². The van der Waals surface area contributed by atoms with E-state index in [1.54, 1.807) is 18.2 Å². The molecule has 0 aliphatic rings. The van der Waals surface area contributed by atoms with Gasteiger partial charge in [0.25, 0.3) is 5.91 Å². The highest BCUT2D eigenvalue weighted by Crippen LogP contribution is 2.24. The van der Waals surface area contributed by atoms with Crippen LogP contribution in [0.25, 0.3) is 0 Å². The average Bonchev–Trinajstić information content (AvgIpc) is 2.32. The predicted octanol–water partition coefficient (Wildman–Crippen LogP) is 5.28. The van der Waals surface area contributed by atoms with Crippen molar-refractivity contribution in [1.29, 1.82) is 0 Å². The number of hydrogen-bond acceptors (Lipinski definition) is 1. The first-order valence-corrected chi connectivity index (χ1v) is 7.39. The first kappa shape index (κ1) is 15.1. The van der Waals surface area contributed by atoms with Gasteiger partial charge in [-0.25, -0.2) is 0 Å². The summed E-state index contributed by atoms with van der Waals surface area (Å²) in [6.45, 7) is 6.02. The zero-order chi connectivity index (χ0) is 14.9. The van der Waals surface area contributed by atoms with Crippen molar-refractivity contribution in [3.8, 4) is 0 Å². The predicted molar refractivity (Wildman–Crippen MR) is 87.8 cm³/mol. The Hall–Kier alpha value is -1.32. The number of carbonyl (C=O) groups is 1. The molecule has 0 atom stereocenters. The van der Waals surface area contributed by atoms with Gasteiger partial charge in [-0.1, -0.05) is 45.2 Å². The number of carbonyl (C=O) groups excluding carboxylic acids is 1. The standard InChI is InChI=1S/C16H15BrClNO/c1-9-4-10(2)15(11(3)5-9)19-16(20)12-6-13(17)8-14(18)7-12/h4-8H,1-3H3,(H,19,20). The molecule has 0 bridgehead atoms. The van der Waals surface area contributed by atoms with Crippen LogP contribution < -0.4 is 5.32 Å². The van der Waals surface area contributed by atoms with Crippen molar-refractivity contribution >= 4 is 39.1 Å². The van der Waals surface area contributed by atoms with Gasteiger partial charge >= 0.3 is 0 Å². The summed E-state index contributed by atoms with van der Waals surface area (Å²) in [5, 5.41) is 3.49. The van der Waals surface area contributed by atoms with Gasteiger partial charge in [-0.3, -0.25) is 4.79 Å². The number of halogens is 2. The summed E-state index contributed by atoms with van der Waals surface area (Å²) in [6.07, 6.45) is 0. The Bertz CT molecular complexity index is 639. The lowest BCUT2D eigenvalue weighted by Gasteiger charge is -2.13. The second kappa shape index (κ2) is 5.98. The lowest BCUT2D eigenvalue weighted by molar-refractivity contribution is 0.102. The molecular weight excluding hydrogens is 338 g/mol. The van der Waals surface area contributed by atoms with Crippen LogP contribution in [0, 0.1) is 20.8 Å². The van der Waals surface area contributed by atoms with Crippen LogP contribution in [-0.4, -0.2) is 5.91 Å². The number of nitrogens with one attached hydrogen (secondary N) is 1. The first-order valence-electron chi connectivity index (χ1n) is 6.22. The molecule has 0 unspecified atom stereocenters. The van der Waals surface area contributed by atoms with E-state index in [-0.39, 0.29) is 5.91 Å². The molecule has 2 nitrogen and oxygen atoms in total. The number of rotatable bonds is 2. The third-order valence-electron chi connectivity index (χ3n) is 3.04. The molecular formula is C16H15BrClNO. The zero-order valence-electron chi connectivity index (χ0n) is 11.6. The van der Waals surface area contributed by atoms with E-state index >= 15 is 0 Å². The molecule has 0 fully saturated rings. The Morgan fingerprint density at radius 2 is 1.65 bits per heavy atom.